The molecule has 0 amide bonds. The smallest absolute Gasteiger partial charge is 0.367 e. The molecule has 3 rings (SSSR count). The van der Waals surface area contributed by atoms with Gasteiger partial charge in [0.1, 0.15) is 0 Å². The summed E-state index contributed by atoms with van der Waals surface area (Å²) in [5.74, 6) is -0.315. The average molecular weight is 245 g/mol. The summed E-state index contributed by atoms with van der Waals surface area (Å²) in [6, 6.07) is 8.18. The number of esters is 1. The average Bonchev–Trinajstić information content (AvgIpc) is 2.86. The maximum Gasteiger partial charge on any atom is 0.367 e. The van der Waals surface area contributed by atoms with Crippen molar-refractivity contribution in [3.05, 3.63) is 39.7 Å². The molecule has 86 valence electrons. The number of fused-ring (bicyclic) bond motifs is 3. The normalized spacial score (nSPS) is 12.1. The van der Waals surface area contributed by atoms with E-state index in [4.69, 9.17) is 4.74 Å². The van der Waals surface area contributed by atoms with Gasteiger partial charge in [-0.3, -0.25) is 0 Å². The fraction of sp³-hybridized carbons (Fsp3) is 0.231. The second kappa shape index (κ2) is 3.96. The number of hydrogen-bond acceptors (Lipinski definition) is 4. The monoisotopic (exact) mass is 245 g/mol. The molecule has 4 heteroatoms. The lowest BCUT2D eigenvalue weighted by molar-refractivity contribution is 0.0526. The molecule has 0 spiro atoms. The molecule has 1 aliphatic rings. The topological polar surface area (TPSA) is 39.2 Å². The summed E-state index contributed by atoms with van der Waals surface area (Å²) >= 11 is 1.44. The standard InChI is InChI=1S/C13H11NO2S/c1-2-16-13(15)12-14-11-9-6-4-3-5-8(9)7-10(11)17-12/h3-6H,2,7H2,1H3. The van der Waals surface area contributed by atoms with Crippen LogP contribution in [0.4, 0.5) is 0 Å². The third kappa shape index (κ3) is 1.65. The molecule has 0 aliphatic heterocycles. The molecule has 3 nitrogen and oxygen atoms in total. The summed E-state index contributed by atoms with van der Waals surface area (Å²) in [5, 5.41) is 0.464. The van der Waals surface area contributed by atoms with Gasteiger partial charge in [-0.2, -0.15) is 0 Å². The maximum atomic E-state index is 11.6. The Balaban J connectivity index is 2.01. The van der Waals surface area contributed by atoms with Gasteiger partial charge in [-0.05, 0) is 12.5 Å². The Morgan fingerprint density at radius 1 is 1.47 bits per heavy atom. The molecule has 0 saturated carbocycles. The molecule has 0 radical (unpaired) electrons. The molecular formula is C13H11NO2S. The van der Waals surface area contributed by atoms with Crippen LogP contribution in [-0.2, 0) is 11.2 Å². The zero-order valence-electron chi connectivity index (χ0n) is 9.40. The first-order valence-corrected chi connectivity index (χ1v) is 6.36. The molecule has 0 bridgehead atoms. The molecule has 1 aromatic carbocycles. The Morgan fingerprint density at radius 2 is 2.29 bits per heavy atom. The summed E-state index contributed by atoms with van der Waals surface area (Å²) in [6.45, 7) is 2.19. The second-order valence-electron chi connectivity index (χ2n) is 3.85. The van der Waals surface area contributed by atoms with Crippen LogP contribution in [0, 0.1) is 0 Å². The third-order valence-corrected chi connectivity index (χ3v) is 3.81. The van der Waals surface area contributed by atoms with Gasteiger partial charge in [-0.1, -0.05) is 24.3 Å². The van der Waals surface area contributed by atoms with E-state index in [-0.39, 0.29) is 5.97 Å². The number of ether oxygens (including phenoxy) is 1. The summed E-state index contributed by atoms with van der Waals surface area (Å²) in [6.07, 6.45) is 0.878. The van der Waals surface area contributed by atoms with Crippen molar-refractivity contribution < 1.29 is 9.53 Å². The second-order valence-corrected chi connectivity index (χ2v) is 4.93. The number of aromatic nitrogens is 1. The van der Waals surface area contributed by atoms with Crippen LogP contribution in [0.25, 0.3) is 11.3 Å². The number of thiazole rings is 1. The maximum absolute atomic E-state index is 11.6. The van der Waals surface area contributed by atoms with Gasteiger partial charge < -0.3 is 4.74 Å². The molecule has 1 aliphatic carbocycles. The Bertz CT molecular complexity index is 589. The third-order valence-electron chi connectivity index (χ3n) is 2.77. The Labute approximate surface area is 103 Å². The van der Waals surface area contributed by atoms with Crippen molar-refractivity contribution in [2.45, 2.75) is 13.3 Å². The quantitative estimate of drug-likeness (QED) is 0.652. The predicted octanol–water partition coefficient (Wildman–Crippen LogP) is 2.89. The van der Waals surface area contributed by atoms with Crippen molar-refractivity contribution in [1.82, 2.24) is 4.98 Å². The number of benzene rings is 1. The minimum absolute atomic E-state index is 0.315. The molecule has 17 heavy (non-hydrogen) atoms. The summed E-state index contributed by atoms with van der Waals surface area (Å²) in [7, 11) is 0. The van der Waals surface area contributed by atoms with E-state index < -0.39 is 0 Å². The number of nitrogens with zero attached hydrogens (tertiary/aromatic N) is 1. The first-order valence-electron chi connectivity index (χ1n) is 5.54. The van der Waals surface area contributed by atoms with Crippen LogP contribution in [0.15, 0.2) is 24.3 Å². The largest absolute Gasteiger partial charge is 0.461 e. The van der Waals surface area contributed by atoms with Crippen molar-refractivity contribution >= 4 is 17.3 Å². The van der Waals surface area contributed by atoms with Crippen molar-refractivity contribution in [2.24, 2.45) is 0 Å². The summed E-state index contributed by atoms with van der Waals surface area (Å²) in [4.78, 5) is 17.1. The van der Waals surface area contributed by atoms with Crippen molar-refractivity contribution in [3.8, 4) is 11.3 Å². The van der Waals surface area contributed by atoms with E-state index in [1.54, 1.807) is 6.92 Å². The molecule has 2 aromatic rings. The van der Waals surface area contributed by atoms with Crippen LogP contribution in [0.1, 0.15) is 27.2 Å². The number of carbonyl (C=O) groups is 1. The van der Waals surface area contributed by atoms with E-state index in [0.29, 0.717) is 11.6 Å². The van der Waals surface area contributed by atoms with Crippen molar-refractivity contribution in [2.75, 3.05) is 6.61 Å². The summed E-state index contributed by atoms with van der Waals surface area (Å²) < 4.78 is 4.96. The molecular weight excluding hydrogens is 234 g/mol. The molecule has 0 fully saturated rings. The van der Waals surface area contributed by atoms with Gasteiger partial charge in [0.05, 0.1) is 12.3 Å². The lowest BCUT2D eigenvalue weighted by atomic mass is 10.1. The van der Waals surface area contributed by atoms with Crippen LogP contribution in [0.5, 0.6) is 0 Å². The Kier molecular flexibility index (Phi) is 2.44. The molecule has 0 atom stereocenters. The van der Waals surface area contributed by atoms with Gasteiger partial charge in [0, 0.05) is 16.9 Å². The van der Waals surface area contributed by atoms with Crippen LogP contribution in [0.3, 0.4) is 0 Å². The number of rotatable bonds is 2. The van der Waals surface area contributed by atoms with Gasteiger partial charge in [0.25, 0.3) is 0 Å². The van der Waals surface area contributed by atoms with Crippen molar-refractivity contribution in [3.63, 3.8) is 0 Å². The number of carbonyl (C=O) groups excluding carboxylic acids is 1. The molecule has 0 saturated heterocycles. The van der Waals surface area contributed by atoms with Gasteiger partial charge in [0.15, 0.2) is 0 Å². The fourth-order valence-electron chi connectivity index (χ4n) is 2.04. The van der Waals surface area contributed by atoms with Gasteiger partial charge in [-0.25, -0.2) is 9.78 Å². The first kappa shape index (κ1) is 10.5. The summed E-state index contributed by atoms with van der Waals surface area (Å²) in [5.41, 5.74) is 3.39. The van der Waals surface area contributed by atoms with E-state index >= 15 is 0 Å². The van der Waals surface area contributed by atoms with Gasteiger partial charge in [-0.15, -0.1) is 11.3 Å². The lowest BCUT2D eigenvalue weighted by Gasteiger charge is -1.98. The van der Waals surface area contributed by atoms with Crippen LogP contribution in [0.2, 0.25) is 0 Å². The lowest BCUT2D eigenvalue weighted by Crippen LogP contribution is -2.03. The predicted molar refractivity (Wildman–Crippen MR) is 66.3 cm³/mol. The highest BCUT2D eigenvalue weighted by atomic mass is 32.1. The van der Waals surface area contributed by atoms with Gasteiger partial charge in [0.2, 0.25) is 5.01 Å². The minimum Gasteiger partial charge on any atom is -0.461 e. The highest BCUT2D eigenvalue weighted by Crippen LogP contribution is 2.39. The SMILES string of the molecule is CCOC(=O)c1nc2c(s1)Cc1ccccc1-2. The highest BCUT2D eigenvalue weighted by molar-refractivity contribution is 7.14. The zero-order valence-corrected chi connectivity index (χ0v) is 10.2. The molecule has 0 N–H and O–H groups in total. The van der Waals surface area contributed by atoms with E-state index in [1.807, 2.05) is 12.1 Å². The Hall–Kier alpha value is -1.68. The Morgan fingerprint density at radius 3 is 3.12 bits per heavy atom. The van der Waals surface area contributed by atoms with E-state index in [1.165, 1.54) is 16.9 Å². The fourth-order valence-corrected chi connectivity index (χ4v) is 3.03. The van der Waals surface area contributed by atoms with E-state index in [0.717, 1.165) is 22.6 Å². The molecule has 1 heterocycles. The van der Waals surface area contributed by atoms with Crippen LogP contribution in [-0.4, -0.2) is 17.6 Å². The molecule has 0 unspecified atom stereocenters. The minimum atomic E-state index is -0.315. The van der Waals surface area contributed by atoms with Gasteiger partial charge >= 0.3 is 5.97 Å². The number of hydrogen-bond donors (Lipinski definition) is 0. The van der Waals surface area contributed by atoms with E-state index in [2.05, 4.69) is 17.1 Å². The highest BCUT2D eigenvalue weighted by Gasteiger charge is 2.25. The molecule has 1 aromatic heterocycles. The van der Waals surface area contributed by atoms with Crippen molar-refractivity contribution in [1.29, 1.82) is 0 Å². The zero-order chi connectivity index (χ0) is 11.8. The van der Waals surface area contributed by atoms with Crippen LogP contribution >= 0.6 is 11.3 Å². The van der Waals surface area contributed by atoms with Crippen LogP contribution < -0.4 is 0 Å². The van der Waals surface area contributed by atoms with E-state index in [9.17, 15) is 4.79 Å². The first-order chi connectivity index (χ1) is 8.29.